The van der Waals surface area contributed by atoms with Crippen molar-refractivity contribution in [3.63, 3.8) is 0 Å². The van der Waals surface area contributed by atoms with Crippen molar-refractivity contribution in [1.29, 1.82) is 0 Å². The zero-order valence-electron chi connectivity index (χ0n) is 12.3. The highest BCUT2D eigenvalue weighted by Crippen LogP contribution is 2.35. The van der Waals surface area contributed by atoms with Crippen LogP contribution in [0.3, 0.4) is 0 Å². The van der Waals surface area contributed by atoms with Gasteiger partial charge in [0.25, 0.3) is 5.69 Å². The fraction of sp³-hybridized carbons (Fsp3) is 0.600. The Bertz CT molecular complexity index is 478. The van der Waals surface area contributed by atoms with Gasteiger partial charge in [0.15, 0.2) is 0 Å². The molecule has 1 aliphatic rings. The van der Waals surface area contributed by atoms with Gasteiger partial charge in [-0.3, -0.25) is 10.1 Å². The molecular formula is C15H22N2O3. The lowest BCUT2D eigenvalue weighted by Crippen LogP contribution is -2.48. The second-order valence-corrected chi connectivity index (χ2v) is 5.58. The second-order valence-electron chi connectivity index (χ2n) is 5.58. The van der Waals surface area contributed by atoms with E-state index in [1.165, 1.54) is 0 Å². The zero-order chi connectivity index (χ0) is 14.7. The average Bonchev–Trinajstić information content (AvgIpc) is 2.46. The Morgan fingerprint density at radius 1 is 1.45 bits per heavy atom. The number of piperidine rings is 1. The predicted octanol–water partition coefficient (Wildman–Crippen LogP) is 3.23. The fourth-order valence-electron chi connectivity index (χ4n) is 2.95. The van der Waals surface area contributed by atoms with Gasteiger partial charge in [0, 0.05) is 19.7 Å². The first kappa shape index (κ1) is 14.8. The summed E-state index contributed by atoms with van der Waals surface area (Å²) in [4.78, 5) is 13.1. The SMILES string of the molecule is COC(C)C1CC(C)CCN1c1ccccc1[N+](=O)[O-]. The summed E-state index contributed by atoms with van der Waals surface area (Å²) >= 11 is 0. The maximum absolute atomic E-state index is 11.2. The minimum atomic E-state index is -0.304. The summed E-state index contributed by atoms with van der Waals surface area (Å²) < 4.78 is 5.48. The Labute approximate surface area is 119 Å². The van der Waals surface area contributed by atoms with Gasteiger partial charge in [0.1, 0.15) is 5.69 Å². The molecule has 0 N–H and O–H groups in total. The third-order valence-electron chi connectivity index (χ3n) is 4.21. The molecule has 2 rings (SSSR count). The van der Waals surface area contributed by atoms with Crippen molar-refractivity contribution in [3.05, 3.63) is 34.4 Å². The number of ether oxygens (including phenoxy) is 1. The molecule has 0 saturated carbocycles. The molecular weight excluding hydrogens is 256 g/mol. The van der Waals surface area contributed by atoms with Gasteiger partial charge in [0.2, 0.25) is 0 Å². The van der Waals surface area contributed by atoms with Crippen LogP contribution in [0.25, 0.3) is 0 Å². The summed E-state index contributed by atoms with van der Waals surface area (Å²) in [6.07, 6.45) is 2.11. The number of benzene rings is 1. The first-order chi connectivity index (χ1) is 9.54. The summed E-state index contributed by atoms with van der Waals surface area (Å²) in [7, 11) is 1.70. The summed E-state index contributed by atoms with van der Waals surface area (Å²) in [5.74, 6) is 0.622. The molecule has 3 unspecified atom stereocenters. The van der Waals surface area contributed by atoms with Crippen LogP contribution in [-0.2, 0) is 4.74 Å². The predicted molar refractivity (Wildman–Crippen MR) is 79.1 cm³/mol. The van der Waals surface area contributed by atoms with Crippen molar-refractivity contribution in [2.45, 2.75) is 38.8 Å². The molecule has 3 atom stereocenters. The van der Waals surface area contributed by atoms with Crippen molar-refractivity contribution in [2.75, 3.05) is 18.6 Å². The van der Waals surface area contributed by atoms with Crippen molar-refractivity contribution in [3.8, 4) is 0 Å². The van der Waals surface area contributed by atoms with Crippen LogP contribution in [0.15, 0.2) is 24.3 Å². The first-order valence-corrected chi connectivity index (χ1v) is 7.07. The van der Waals surface area contributed by atoms with Crippen LogP contribution in [-0.4, -0.2) is 30.7 Å². The molecule has 20 heavy (non-hydrogen) atoms. The molecule has 5 nitrogen and oxygen atoms in total. The molecule has 1 heterocycles. The monoisotopic (exact) mass is 278 g/mol. The highest BCUT2D eigenvalue weighted by atomic mass is 16.6. The lowest BCUT2D eigenvalue weighted by molar-refractivity contribution is -0.384. The molecule has 0 radical (unpaired) electrons. The lowest BCUT2D eigenvalue weighted by Gasteiger charge is -2.42. The van der Waals surface area contributed by atoms with Crippen molar-refractivity contribution in [1.82, 2.24) is 0 Å². The smallest absolute Gasteiger partial charge is 0.292 e. The van der Waals surface area contributed by atoms with E-state index in [2.05, 4.69) is 11.8 Å². The Morgan fingerprint density at radius 2 is 2.15 bits per heavy atom. The van der Waals surface area contributed by atoms with E-state index < -0.39 is 0 Å². The number of nitro groups is 1. The van der Waals surface area contributed by atoms with Gasteiger partial charge in [-0.15, -0.1) is 0 Å². The van der Waals surface area contributed by atoms with E-state index in [-0.39, 0.29) is 22.8 Å². The second kappa shape index (κ2) is 6.22. The molecule has 0 spiro atoms. The number of para-hydroxylation sites is 2. The van der Waals surface area contributed by atoms with Gasteiger partial charge >= 0.3 is 0 Å². The van der Waals surface area contributed by atoms with Gasteiger partial charge < -0.3 is 9.64 Å². The minimum absolute atomic E-state index is 0.0533. The van der Waals surface area contributed by atoms with E-state index in [1.54, 1.807) is 19.2 Å². The molecule has 1 fully saturated rings. The number of hydrogen-bond donors (Lipinski definition) is 0. The number of anilines is 1. The topological polar surface area (TPSA) is 55.6 Å². The van der Waals surface area contributed by atoms with Crippen LogP contribution < -0.4 is 4.90 Å². The summed E-state index contributed by atoms with van der Waals surface area (Å²) in [5, 5.41) is 11.2. The standard InChI is InChI=1S/C15H22N2O3/c1-11-8-9-16(15(10-11)12(2)20-3)13-6-4-5-7-14(13)17(18)19/h4-7,11-12,15H,8-10H2,1-3H3. The number of hydrogen-bond acceptors (Lipinski definition) is 4. The number of rotatable bonds is 4. The van der Waals surface area contributed by atoms with Crippen LogP contribution in [0, 0.1) is 16.0 Å². The molecule has 1 aliphatic heterocycles. The molecule has 0 amide bonds. The maximum Gasteiger partial charge on any atom is 0.292 e. The van der Waals surface area contributed by atoms with E-state index in [1.807, 2.05) is 19.1 Å². The fourth-order valence-corrected chi connectivity index (χ4v) is 2.95. The van der Waals surface area contributed by atoms with Crippen LogP contribution in [0.4, 0.5) is 11.4 Å². The molecule has 1 aromatic carbocycles. The molecule has 5 heteroatoms. The van der Waals surface area contributed by atoms with Crippen molar-refractivity contribution in [2.24, 2.45) is 5.92 Å². The van der Waals surface area contributed by atoms with Gasteiger partial charge in [0.05, 0.1) is 17.1 Å². The number of nitrogens with zero attached hydrogens (tertiary/aromatic N) is 2. The molecule has 1 saturated heterocycles. The molecule has 0 bridgehead atoms. The quantitative estimate of drug-likeness (QED) is 0.626. The Balaban J connectivity index is 2.36. The normalized spacial score (nSPS) is 24.4. The van der Waals surface area contributed by atoms with Gasteiger partial charge in [-0.1, -0.05) is 19.1 Å². The van der Waals surface area contributed by atoms with E-state index in [9.17, 15) is 10.1 Å². The maximum atomic E-state index is 11.2. The summed E-state index contributed by atoms with van der Waals surface area (Å²) in [5.41, 5.74) is 0.883. The molecule has 110 valence electrons. The highest BCUT2D eigenvalue weighted by molar-refractivity contribution is 5.64. The number of methoxy groups -OCH3 is 1. The molecule has 0 aliphatic carbocycles. The van der Waals surface area contributed by atoms with Crippen molar-refractivity contribution < 1.29 is 9.66 Å². The van der Waals surface area contributed by atoms with Crippen LogP contribution in [0.2, 0.25) is 0 Å². The van der Waals surface area contributed by atoms with Crippen LogP contribution in [0.1, 0.15) is 26.7 Å². The minimum Gasteiger partial charge on any atom is -0.380 e. The third kappa shape index (κ3) is 2.93. The van der Waals surface area contributed by atoms with E-state index >= 15 is 0 Å². The summed E-state index contributed by atoms with van der Waals surface area (Å²) in [6, 6.07) is 7.16. The van der Waals surface area contributed by atoms with Crippen LogP contribution >= 0.6 is 0 Å². The van der Waals surface area contributed by atoms with Crippen LogP contribution in [0.5, 0.6) is 0 Å². The Kier molecular flexibility index (Phi) is 4.60. The summed E-state index contributed by atoms with van der Waals surface area (Å²) in [6.45, 7) is 5.10. The van der Waals surface area contributed by atoms with E-state index in [4.69, 9.17) is 4.74 Å². The van der Waals surface area contributed by atoms with Gasteiger partial charge in [-0.05, 0) is 31.7 Å². The van der Waals surface area contributed by atoms with E-state index in [0.29, 0.717) is 11.6 Å². The molecule has 0 aromatic heterocycles. The Hall–Kier alpha value is -1.62. The molecule has 1 aromatic rings. The van der Waals surface area contributed by atoms with Gasteiger partial charge in [-0.25, -0.2) is 0 Å². The first-order valence-electron chi connectivity index (χ1n) is 7.07. The van der Waals surface area contributed by atoms with Crippen molar-refractivity contribution >= 4 is 11.4 Å². The average molecular weight is 278 g/mol. The zero-order valence-corrected chi connectivity index (χ0v) is 12.3. The third-order valence-corrected chi connectivity index (χ3v) is 4.21. The van der Waals surface area contributed by atoms with Gasteiger partial charge in [-0.2, -0.15) is 0 Å². The lowest BCUT2D eigenvalue weighted by atomic mass is 9.89. The number of nitro benzene ring substituents is 1. The van der Waals surface area contributed by atoms with E-state index in [0.717, 1.165) is 19.4 Å². The largest absolute Gasteiger partial charge is 0.380 e. The highest BCUT2D eigenvalue weighted by Gasteiger charge is 2.33. The Morgan fingerprint density at radius 3 is 2.80 bits per heavy atom.